The van der Waals surface area contributed by atoms with Crippen LogP contribution in [0.1, 0.15) is 117 Å². The van der Waals surface area contributed by atoms with Gasteiger partial charge in [-0.25, -0.2) is 0 Å². The van der Waals surface area contributed by atoms with E-state index < -0.39 is 0 Å². The zero-order valence-corrected chi connectivity index (χ0v) is 16.8. The van der Waals surface area contributed by atoms with Gasteiger partial charge in [-0.15, -0.1) is 0 Å². The summed E-state index contributed by atoms with van der Waals surface area (Å²) in [6.07, 6.45) is 23.8. The van der Waals surface area contributed by atoms with Gasteiger partial charge in [-0.05, 0) is 0 Å². The summed E-state index contributed by atoms with van der Waals surface area (Å²) in [6.45, 7) is 4.62. The molecule has 0 aromatic carbocycles. The van der Waals surface area contributed by atoms with Crippen LogP contribution in [-0.4, -0.2) is 9.52 Å². The fourth-order valence-electron chi connectivity index (χ4n) is 3.15. The van der Waals surface area contributed by atoms with Gasteiger partial charge in [-0.3, -0.25) is 0 Å². The van der Waals surface area contributed by atoms with Gasteiger partial charge < -0.3 is 0 Å². The number of unbranched alkanes of at least 4 members (excludes halogenated alkanes) is 14. The van der Waals surface area contributed by atoms with Gasteiger partial charge >= 0.3 is 0 Å². The van der Waals surface area contributed by atoms with Crippen molar-refractivity contribution in [3.05, 3.63) is 0 Å². The number of hydrogen-bond acceptors (Lipinski definition) is 0. The second-order valence-electron chi connectivity index (χ2n) is 7.01. The first-order valence-corrected chi connectivity index (χ1v) is 12.4. The van der Waals surface area contributed by atoms with Crippen LogP contribution in [0.4, 0.5) is 0 Å². The molecule has 0 rings (SSSR count). The maximum Gasteiger partial charge on any atom is 0.0197 e. The van der Waals surface area contributed by atoms with Crippen molar-refractivity contribution in [3.63, 3.8) is 0 Å². The Bertz CT molecular complexity index is 149. The minimum atomic E-state index is 0.339. The van der Waals surface area contributed by atoms with E-state index in [1.54, 1.807) is 18.5 Å². The number of rotatable bonds is 18. The van der Waals surface area contributed by atoms with Crippen molar-refractivity contribution in [2.24, 2.45) is 0 Å². The molecule has 0 aliphatic heterocycles. The smallest absolute Gasteiger partial charge is 0.0197 e. The minimum absolute atomic E-state index is 0.339. The summed E-state index contributed by atoms with van der Waals surface area (Å²) in [4.78, 5) is 0. The van der Waals surface area contributed by atoms with Crippen molar-refractivity contribution in [2.75, 3.05) is 0 Å². The molecule has 0 unspecified atom stereocenters. The molecule has 0 aliphatic rings. The molecule has 0 saturated carbocycles. The third-order valence-corrected chi connectivity index (χ3v) is 6.71. The van der Waals surface area contributed by atoms with Gasteiger partial charge in [0.25, 0.3) is 0 Å². The highest BCUT2D eigenvalue weighted by atomic mass is 28.2. The average molecular weight is 313 g/mol. The van der Waals surface area contributed by atoms with Crippen LogP contribution in [0.3, 0.4) is 0 Å². The molecule has 0 spiro atoms. The molecule has 0 saturated heterocycles. The second-order valence-corrected chi connectivity index (χ2v) is 9.13. The molecule has 21 heavy (non-hydrogen) atoms. The molecule has 0 fully saturated rings. The highest BCUT2D eigenvalue weighted by molar-refractivity contribution is 6.35. The fourth-order valence-corrected chi connectivity index (χ4v) is 5.07. The zero-order chi connectivity index (χ0) is 15.4. The molecule has 0 heterocycles. The first kappa shape index (κ1) is 21.2. The molecule has 0 aromatic heterocycles. The molecule has 0 atom stereocenters. The molecular formula is C20H44Si. The van der Waals surface area contributed by atoms with E-state index in [4.69, 9.17) is 0 Å². The monoisotopic (exact) mass is 312 g/mol. The Morgan fingerprint density at radius 2 is 0.714 bits per heavy atom. The SMILES string of the molecule is CCCCCCCCCCCCCCCC[SiH2]CCCC. The maximum atomic E-state index is 2.32. The van der Waals surface area contributed by atoms with Crippen molar-refractivity contribution in [2.45, 2.75) is 129 Å². The van der Waals surface area contributed by atoms with E-state index in [0.29, 0.717) is 9.52 Å². The fraction of sp³-hybridized carbons (Fsp3) is 1.00. The second kappa shape index (κ2) is 20.2. The van der Waals surface area contributed by atoms with Crippen LogP contribution >= 0.6 is 0 Å². The van der Waals surface area contributed by atoms with Crippen molar-refractivity contribution in [3.8, 4) is 0 Å². The summed E-state index contributed by atoms with van der Waals surface area (Å²) in [5.41, 5.74) is 0. The van der Waals surface area contributed by atoms with Crippen LogP contribution in [0.5, 0.6) is 0 Å². The van der Waals surface area contributed by atoms with Crippen LogP contribution in [-0.2, 0) is 0 Å². The number of hydrogen-bond donors (Lipinski definition) is 0. The van der Waals surface area contributed by atoms with Gasteiger partial charge in [0.1, 0.15) is 0 Å². The zero-order valence-electron chi connectivity index (χ0n) is 15.4. The largest absolute Gasteiger partial charge is 0.0654 e. The van der Waals surface area contributed by atoms with Crippen molar-refractivity contribution in [1.82, 2.24) is 0 Å². The van der Waals surface area contributed by atoms with Crippen molar-refractivity contribution in [1.29, 1.82) is 0 Å². The first-order chi connectivity index (χ1) is 10.4. The van der Waals surface area contributed by atoms with Crippen LogP contribution < -0.4 is 0 Å². The van der Waals surface area contributed by atoms with Crippen molar-refractivity contribution < 1.29 is 0 Å². The molecule has 1 heteroatoms. The summed E-state index contributed by atoms with van der Waals surface area (Å²) in [5.74, 6) is 0. The molecule has 0 N–H and O–H groups in total. The lowest BCUT2D eigenvalue weighted by Crippen LogP contribution is -1.89. The standard InChI is InChI=1S/C20H44Si/c1-3-5-7-8-9-10-11-12-13-14-15-16-17-18-20-21-19-6-4-2/h3-21H2,1-2H3. The lowest BCUT2D eigenvalue weighted by Gasteiger charge is -2.03. The summed E-state index contributed by atoms with van der Waals surface area (Å²) in [6, 6.07) is 3.23. The first-order valence-electron chi connectivity index (χ1n) is 10.4. The predicted molar refractivity (Wildman–Crippen MR) is 103 cm³/mol. The van der Waals surface area contributed by atoms with Crippen LogP contribution in [0.25, 0.3) is 0 Å². The van der Waals surface area contributed by atoms with E-state index >= 15 is 0 Å². The normalized spacial score (nSPS) is 11.7. The van der Waals surface area contributed by atoms with Crippen LogP contribution in [0, 0.1) is 0 Å². The van der Waals surface area contributed by atoms with Crippen LogP contribution in [0.2, 0.25) is 12.1 Å². The van der Waals surface area contributed by atoms with Gasteiger partial charge in [0.15, 0.2) is 0 Å². The van der Waals surface area contributed by atoms with E-state index in [-0.39, 0.29) is 0 Å². The Balaban J connectivity index is 2.90. The van der Waals surface area contributed by atoms with Gasteiger partial charge in [-0.1, -0.05) is 129 Å². The van der Waals surface area contributed by atoms with Gasteiger partial charge in [-0.2, -0.15) is 0 Å². The topological polar surface area (TPSA) is 0 Å². The van der Waals surface area contributed by atoms with Crippen LogP contribution in [0.15, 0.2) is 0 Å². The van der Waals surface area contributed by atoms with E-state index in [2.05, 4.69) is 13.8 Å². The summed E-state index contributed by atoms with van der Waals surface area (Å²) >= 11 is 0. The van der Waals surface area contributed by atoms with E-state index in [1.165, 1.54) is 96.3 Å². The summed E-state index contributed by atoms with van der Waals surface area (Å²) in [7, 11) is 0.339. The Labute approximate surface area is 138 Å². The third-order valence-electron chi connectivity index (χ3n) is 4.71. The lowest BCUT2D eigenvalue weighted by atomic mass is 10.0. The Morgan fingerprint density at radius 1 is 0.381 bits per heavy atom. The average Bonchev–Trinajstić information content (AvgIpc) is 2.50. The predicted octanol–water partition coefficient (Wildman–Crippen LogP) is 7.27. The van der Waals surface area contributed by atoms with E-state index in [9.17, 15) is 0 Å². The Morgan fingerprint density at radius 3 is 1.14 bits per heavy atom. The Kier molecular flexibility index (Phi) is 20.4. The molecule has 0 amide bonds. The lowest BCUT2D eigenvalue weighted by molar-refractivity contribution is 0.538. The van der Waals surface area contributed by atoms with Gasteiger partial charge in [0.05, 0.1) is 0 Å². The van der Waals surface area contributed by atoms with Gasteiger partial charge in [0.2, 0.25) is 0 Å². The molecule has 0 radical (unpaired) electrons. The molecule has 0 aliphatic carbocycles. The highest BCUT2D eigenvalue weighted by Crippen LogP contribution is 2.13. The highest BCUT2D eigenvalue weighted by Gasteiger charge is 1.94. The summed E-state index contributed by atoms with van der Waals surface area (Å²) in [5, 5.41) is 0. The third kappa shape index (κ3) is 20.2. The molecule has 128 valence electrons. The molecule has 0 nitrogen and oxygen atoms in total. The molecule has 0 bridgehead atoms. The molecular weight excluding hydrogens is 268 g/mol. The Hall–Kier alpha value is 0.217. The molecule has 0 aromatic rings. The quantitative estimate of drug-likeness (QED) is 0.184. The van der Waals surface area contributed by atoms with Crippen molar-refractivity contribution >= 4 is 9.52 Å². The van der Waals surface area contributed by atoms with Gasteiger partial charge in [0, 0.05) is 9.52 Å². The minimum Gasteiger partial charge on any atom is -0.0654 e. The van der Waals surface area contributed by atoms with E-state index in [1.807, 2.05) is 0 Å². The van der Waals surface area contributed by atoms with E-state index in [0.717, 1.165) is 0 Å². The maximum absolute atomic E-state index is 2.32. The summed E-state index contributed by atoms with van der Waals surface area (Å²) < 4.78 is 0.